The molecule has 10 heteroatoms. The number of nitrogens with zero attached hydrogens (tertiary/aromatic N) is 3. The number of halogens is 2. The molecular weight excluding hydrogens is 437 g/mol. The second-order valence-corrected chi connectivity index (χ2v) is 9.38. The van der Waals surface area contributed by atoms with Crippen LogP contribution in [0, 0.1) is 0 Å². The molecule has 0 saturated heterocycles. The molecule has 0 radical (unpaired) electrons. The van der Waals surface area contributed by atoms with Gasteiger partial charge in [-0.05, 0) is 43.3 Å². The summed E-state index contributed by atoms with van der Waals surface area (Å²) in [4.78, 5) is 16.9. The van der Waals surface area contributed by atoms with Crippen molar-refractivity contribution < 1.29 is 17.9 Å². The van der Waals surface area contributed by atoms with Gasteiger partial charge >= 0.3 is 5.97 Å². The highest BCUT2D eigenvalue weighted by Crippen LogP contribution is 2.24. The van der Waals surface area contributed by atoms with Gasteiger partial charge in [0.15, 0.2) is 0 Å². The third-order valence-corrected chi connectivity index (χ3v) is 6.93. The van der Waals surface area contributed by atoms with E-state index in [1.807, 2.05) is 11.5 Å². The van der Waals surface area contributed by atoms with E-state index in [1.54, 1.807) is 6.07 Å². The smallest absolute Gasteiger partial charge is 0.338 e. The van der Waals surface area contributed by atoms with Crippen molar-refractivity contribution in [3.05, 3.63) is 57.8 Å². The number of rotatable bonds is 6. The Hall–Kier alpha value is -2.13. The summed E-state index contributed by atoms with van der Waals surface area (Å²) >= 11 is 11.8. The van der Waals surface area contributed by atoms with Crippen LogP contribution in [0.3, 0.4) is 0 Å². The number of hydrogen-bond donors (Lipinski definition) is 0. The number of carbonyl (C=O) groups excluding carboxylic acids is 1. The van der Waals surface area contributed by atoms with Gasteiger partial charge in [0.2, 0.25) is 10.0 Å². The van der Waals surface area contributed by atoms with Crippen molar-refractivity contribution in [3.8, 4) is 0 Å². The topological polar surface area (TPSA) is 81.5 Å². The number of aryl methyl sites for hydroxylation is 1. The summed E-state index contributed by atoms with van der Waals surface area (Å²) < 4.78 is 33.1. The van der Waals surface area contributed by atoms with E-state index in [0.29, 0.717) is 22.9 Å². The van der Waals surface area contributed by atoms with Gasteiger partial charge in [-0.2, -0.15) is 0 Å². The minimum atomic E-state index is -3.57. The number of ether oxygens (including phenoxy) is 1. The number of sulfonamides is 1. The Kier molecular flexibility index (Phi) is 6.19. The number of esters is 1. The van der Waals surface area contributed by atoms with Gasteiger partial charge in [0.05, 0.1) is 31.5 Å². The quantitative estimate of drug-likeness (QED) is 0.525. The van der Waals surface area contributed by atoms with Gasteiger partial charge in [0.25, 0.3) is 0 Å². The lowest BCUT2D eigenvalue weighted by Gasteiger charge is -2.11. The van der Waals surface area contributed by atoms with Gasteiger partial charge in [0.1, 0.15) is 12.4 Å². The zero-order valence-electron chi connectivity index (χ0n) is 16.0. The van der Waals surface area contributed by atoms with Gasteiger partial charge in [-0.3, -0.25) is 0 Å². The molecule has 0 aliphatic heterocycles. The van der Waals surface area contributed by atoms with Crippen molar-refractivity contribution in [2.24, 2.45) is 0 Å². The average molecular weight is 456 g/mol. The summed E-state index contributed by atoms with van der Waals surface area (Å²) in [5, 5.41) is 0.607. The van der Waals surface area contributed by atoms with E-state index in [2.05, 4.69) is 4.98 Å². The van der Waals surface area contributed by atoms with Crippen molar-refractivity contribution in [3.63, 3.8) is 0 Å². The molecule has 154 valence electrons. The van der Waals surface area contributed by atoms with Gasteiger partial charge in [-0.25, -0.2) is 22.5 Å². The number of hydrogen-bond acceptors (Lipinski definition) is 5. The lowest BCUT2D eigenvalue weighted by Crippen LogP contribution is -2.22. The van der Waals surface area contributed by atoms with E-state index in [0.717, 1.165) is 9.82 Å². The van der Waals surface area contributed by atoms with Crippen molar-refractivity contribution in [2.75, 3.05) is 14.1 Å². The molecule has 0 atom stereocenters. The van der Waals surface area contributed by atoms with Crippen LogP contribution < -0.4 is 0 Å². The SMILES string of the molecule is CCn1c(COC(=O)c2ccc(Cl)c(Cl)c2)nc2cc(S(=O)(=O)N(C)C)ccc21. The zero-order chi connectivity index (χ0) is 21.3. The van der Waals surface area contributed by atoms with Crippen LogP contribution in [0.5, 0.6) is 0 Å². The molecule has 0 N–H and O–H groups in total. The molecule has 1 aromatic heterocycles. The van der Waals surface area contributed by atoms with Crippen LogP contribution in [-0.4, -0.2) is 42.3 Å². The van der Waals surface area contributed by atoms with E-state index in [4.69, 9.17) is 27.9 Å². The van der Waals surface area contributed by atoms with Gasteiger partial charge in [-0.1, -0.05) is 23.2 Å². The van der Waals surface area contributed by atoms with Crippen LogP contribution in [0.15, 0.2) is 41.3 Å². The van der Waals surface area contributed by atoms with Crippen LogP contribution in [0.4, 0.5) is 0 Å². The van der Waals surface area contributed by atoms with E-state index in [9.17, 15) is 13.2 Å². The first-order chi connectivity index (χ1) is 13.6. The van der Waals surface area contributed by atoms with Crippen LogP contribution in [0.1, 0.15) is 23.1 Å². The number of imidazole rings is 1. The van der Waals surface area contributed by atoms with E-state index in [-0.39, 0.29) is 22.1 Å². The van der Waals surface area contributed by atoms with E-state index >= 15 is 0 Å². The molecule has 29 heavy (non-hydrogen) atoms. The number of fused-ring (bicyclic) bond motifs is 1. The highest BCUT2D eigenvalue weighted by Gasteiger charge is 2.20. The highest BCUT2D eigenvalue weighted by atomic mass is 35.5. The molecule has 0 aliphatic rings. The van der Waals surface area contributed by atoms with E-state index in [1.165, 1.54) is 44.4 Å². The molecule has 0 unspecified atom stereocenters. The third-order valence-electron chi connectivity index (χ3n) is 4.38. The lowest BCUT2D eigenvalue weighted by molar-refractivity contribution is 0.0458. The predicted molar refractivity (Wildman–Crippen MR) is 112 cm³/mol. The zero-order valence-corrected chi connectivity index (χ0v) is 18.3. The second-order valence-electron chi connectivity index (χ2n) is 6.42. The molecule has 0 bridgehead atoms. The molecule has 1 heterocycles. The molecule has 0 amide bonds. The fourth-order valence-electron chi connectivity index (χ4n) is 2.83. The maximum absolute atomic E-state index is 12.4. The Balaban J connectivity index is 1.89. The predicted octanol–water partition coefficient (Wildman–Crippen LogP) is 3.97. The van der Waals surface area contributed by atoms with Crippen LogP contribution in [-0.2, 0) is 27.9 Å². The largest absolute Gasteiger partial charge is 0.454 e. The Bertz CT molecular complexity index is 1190. The van der Waals surface area contributed by atoms with Gasteiger partial charge in [0, 0.05) is 20.6 Å². The molecule has 3 aromatic rings. The van der Waals surface area contributed by atoms with Crippen LogP contribution >= 0.6 is 23.2 Å². The summed E-state index contributed by atoms with van der Waals surface area (Å²) in [6.07, 6.45) is 0. The maximum Gasteiger partial charge on any atom is 0.338 e. The maximum atomic E-state index is 12.4. The fraction of sp³-hybridized carbons (Fsp3) is 0.263. The standard InChI is InChI=1S/C19H19Cl2N3O4S/c1-4-24-17-8-6-13(29(26,27)23(2)3)10-16(17)22-18(24)11-28-19(25)12-5-7-14(20)15(21)9-12/h5-10H,4,11H2,1-3H3. The Morgan fingerprint density at radius 3 is 2.48 bits per heavy atom. The van der Waals surface area contributed by atoms with Crippen LogP contribution in [0.25, 0.3) is 11.0 Å². The molecule has 2 aromatic carbocycles. The van der Waals surface area contributed by atoms with Crippen molar-refractivity contribution >= 4 is 50.2 Å². The number of aromatic nitrogens is 2. The summed E-state index contributed by atoms with van der Waals surface area (Å²) in [7, 11) is -0.632. The fourth-order valence-corrected chi connectivity index (χ4v) is 4.05. The normalized spacial score (nSPS) is 11.9. The Labute approximate surface area is 178 Å². The summed E-state index contributed by atoms with van der Waals surface area (Å²) in [5.74, 6) is -0.0514. The summed E-state index contributed by atoms with van der Waals surface area (Å²) in [6, 6.07) is 9.24. The first-order valence-electron chi connectivity index (χ1n) is 8.69. The van der Waals surface area contributed by atoms with Crippen molar-refractivity contribution in [1.82, 2.24) is 13.9 Å². The molecular formula is C19H19Cl2N3O4S. The third kappa shape index (κ3) is 4.25. The number of carbonyl (C=O) groups is 1. The molecule has 7 nitrogen and oxygen atoms in total. The van der Waals surface area contributed by atoms with Gasteiger partial charge in [-0.15, -0.1) is 0 Å². The van der Waals surface area contributed by atoms with Crippen molar-refractivity contribution in [1.29, 1.82) is 0 Å². The van der Waals surface area contributed by atoms with Crippen molar-refractivity contribution in [2.45, 2.75) is 25.0 Å². The first kappa shape index (κ1) is 21.6. The minimum Gasteiger partial charge on any atom is -0.454 e. The summed E-state index contributed by atoms with van der Waals surface area (Å²) in [6.45, 7) is 2.43. The minimum absolute atomic E-state index is 0.0721. The van der Waals surface area contributed by atoms with Gasteiger partial charge < -0.3 is 9.30 Å². The molecule has 3 rings (SSSR count). The second kappa shape index (κ2) is 8.31. The Morgan fingerprint density at radius 1 is 1.14 bits per heavy atom. The highest BCUT2D eigenvalue weighted by molar-refractivity contribution is 7.89. The summed E-state index contributed by atoms with van der Waals surface area (Å²) in [5.41, 5.74) is 1.54. The molecule has 0 saturated carbocycles. The molecule has 0 spiro atoms. The molecule has 0 aliphatic carbocycles. The Morgan fingerprint density at radius 2 is 1.86 bits per heavy atom. The number of benzene rings is 2. The molecule has 0 fully saturated rings. The van der Waals surface area contributed by atoms with E-state index < -0.39 is 16.0 Å². The lowest BCUT2D eigenvalue weighted by atomic mass is 10.2. The first-order valence-corrected chi connectivity index (χ1v) is 10.9. The monoisotopic (exact) mass is 455 g/mol. The average Bonchev–Trinajstić information content (AvgIpc) is 3.04. The van der Waals surface area contributed by atoms with Crippen LogP contribution in [0.2, 0.25) is 10.0 Å².